The summed E-state index contributed by atoms with van der Waals surface area (Å²) in [6.07, 6.45) is 0. The molecule has 0 radical (unpaired) electrons. The Hall–Kier alpha value is -6.53. The first-order chi connectivity index (χ1) is 27.3. The zero-order chi connectivity index (χ0) is 36.0. The minimum Gasteiger partial charge on any atom is -0.324 e. The number of fused-ring (bicyclic) bond motifs is 13. The van der Waals surface area contributed by atoms with Crippen molar-refractivity contribution >= 4 is 97.2 Å². The second-order valence-corrected chi connectivity index (χ2v) is 16.5. The van der Waals surface area contributed by atoms with E-state index in [-0.39, 0.29) is 6.04 Å². The normalized spacial score (nSPS) is 14.3. The maximum Gasteiger partial charge on any atom is 0.208 e. The first-order valence-corrected chi connectivity index (χ1v) is 20.3. The van der Waals surface area contributed by atoms with Crippen molar-refractivity contribution in [1.82, 2.24) is 4.57 Å². The van der Waals surface area contributed by atoms with Gasteiger partial charge in [-0.25, -0.2) is 4.99 Å². The van der Waals surface area contributed by atoms with E-state index in [0.717, 1.165) is 17.2 Å². The quantitative estimate of drug-likeness (QED) is 0.192. The number of nitrogens with zero attached hydrogens (tertiary/aromatic N) is 2. The third-order valence-electron chi connectivity index (χ3n) is 11.2. The van der Waals surface area contributed by atoms with Crippen molar-refractivity contribution in [2.45, 2.75) is 6.04 Å². The van der Waals surface area contributed by atoms with Crippen LogP contribution in [-0.2, 0) is 0 Å². The highest BCUT2D eigenvalue weighted by atomic mass is 32.1. The minimum absolute atomic E-state index is 0.233. The molecule has 0 aliphatic carbocycles. The van der Waals surface area contributed by atoms with Gasteiger partial charge in [-0.05, 0) is 64.2 Å². The van der Waals surface area contributed by atoms with Gasteiger partial charge in [-0.1, -0.05) is 140 Å². The van der Waals surface area contributed by atoms with Crippen molar-refractivity contribution in [2.24, 2.45) is 4.99 Å². The number of hydrogen-bond acceptors (Lipinski definition) is 4. The Morgan fingerprint density at radius 3 is 1.75 bits per heavy atom. The first kappa shape index (κ1) is 30.9. The summed E-state index contributed by atoms with van der Waals surface area (Å²) in [6.45, 7) is 0. The average Bonchev–Trinajstić information content (AvgIpc) is 3.94. The Balaban J connectivity index is 1.20. The van der Waals surface area contributed by atoms with Crippen LogP contribution in [0.25, 0.3) is 85.1 Å². The summed E-state index contributed by atoms with van der Waals surface area (Å²) >= 11 is 3.74. The second-order valence-electron chi connectivity index (χ2n) is 14.3. The summed E-state index contributed by atoms with van der Waals surface area (Å²) in [7, 11) is 0. The van der Waals surface area contributed by atoms with E-state index < -0.39 is 0 Å². The number of thiophene rings is 2. The Morgan fingerprint density at radius 1 is 0.473 bits per heavy atom. The van der Waals surface area contributed by atoms with Gasteiger partial charge in [-0.15, -0.1) is 22.7 Å². The lowest BCUT2D eigenvalue weighted by Crippen LogP contribution is -2.27. The number of nitrogens with one attached hydrogen (secondary N) is 1. The summed E-state index contributed by atoms with van der Waals surface area (Å²) in [4.78, 5) is 7.05. The summed E-state index contributed by atoms with van der Waals surface area (Å²) in [5, 5.41) is 12.8. The molecule has 0 spiro atoms. The third kappa shape index (κ3) is 4.64. The lowest BCUT2D eigenvalue weighted by atomic mass is 9.92. The highest BCUT2D eigenvalue weighted by Gasteiger charge is 2.31. The average molecular weight is 738 g/mol. The molecule has 0 fully saturated rings. The lowest BCUT2D eigenvalue weighted by Gasteiger charge is -2.25. The van der Waals surface area contributed by atoms with Crippen molar-refractivity contribution in [3.8, 4) is 22.3 Å². The van der Waals surface area contributed by atoms with E-state index in [2.05, 4.69) is 186 Å². The van der Waals surface area contributed by atoms with E-state index in [1.165, 1.54) is 90.0 Å². The molecular formula is C50H31N3S2. The van der Waals surface area contributed by atoms with Crippen LogP contribution < -0.4 is 5.32 Å². The molecule has 11 aromatic rings. The molecule has 258 valence electrons. The van der Waals surface area contributed by atoms with Crippen molar-refractivity contribution in [1.29, 1.82) is 0 Å². The fraction of sp³-hybridized carbons (Fsp3) is 0.0200. The highest BCUT2D eigenvalue weighted by molar-refractivity contribution is 7.27. The van der Waals surface area contributed by atoms with Gasteiger partial charge < -0.3 is 5.32 Å². The maximum atomic E-state index is 5.82. The molecule has 4 heterocycles. The number of aromatic nitrogens is 1. The molecule has 0 amide bonds. The van der Waals surface area contributed by atoms with Crippen LogP contribution in [0.4, 0.5) is 5.69 Å². The number of anilines is 1. The van der Waals surface area contributed by atoms with E-state index in [9.17, 15) is 0 Å². The van der Waals surface area contributed by atoms with Crippen LogP contribution in [0, 0.1) is 0 Å². The number of rotatable bonds is 3. The Labute approximate surface area is 325 Å². The zero-order valence-corrected chi connectivity index (χ0v) is 31.2. The first-order valence-electron chi connectivity index (χ1n) is 18.7. The van der Waals surface area contributed by atoms with Crippen molar-refractivity contribution in [2.75, 3.05) is 5.32 Å². The molecule has 0 saturated carbocycles. The predicted octanol–water partition coefficient (Wildman–Crippen LogP) is 14.3. The standard InChI is InChI=1S/C50H31N3S2/c1-3-15-30(16-4-1)32-27-33(31-17-5-2-6-18-31)29-34(28-32)45-49-46(39-23-11-14-26-42(39)55-49)52-50(51-45)53-40-24-12-9-21-37(40)43-44-38-22-10-13-25-41(38)54-48(44)36-20-8-7-19-35(36)47(43)53/h1-29,45H,(H,51,52). The van der Waals surface area contributed by atoms with Gasteiger partial charge in [0.15, 0.2) is 0 Å². The van der Waals surface area contributed by atoms with Gasteiger partial charge in [-0.2, -0.15) is 0 Å². The maximum absolute atomic E-state index is 5.82. The molecule has 1 unspecified atom stereocenters. The topological polar surface area (TPSA) is 29.3 Å². The molecule has 0 bridgehead atoms. The number of aliphatic imine (C=N–C) groups is 1. The van der Waals surface area contributed by atoms with Gasteiger partial charge in [0.2, 0.25) is 5.96 Å². The van der Waals surface area contributed by atoms with Crippen LogP contribution >= 0.6 is 22.7 Å². The molecule has 3 nitrogen and oxygen atoms in total. The molecule has 1 aliphatic rings. The fourth-order valence-electron chi connectivity index (χ4n) is 8.79. The van der Waals surface area contributed by atoms with Crippen LogP contribution in [-0.4, -0.2) is 10.5 Å². The Kier molecular flexibility index (Phi) is 6.73. The van der Waals surface area contributed by atoms with E-state index in [1.54, 1.807) is 0 Å². The van der Waals surface area contributed by atoms with E-state index in [0.29, 0.717) is 0 Å². The summed E-state index contributed by atoms with van der Waals surface area (Å²) in [6, 6.07) is 63.7. The molecule has 1 aliphatic heterocycles. The van der Waals surface area contributed by atoms with Crippen LogP contribution in [0.3, 0.4) is 0 Å². The van der Waals surface area contributed by atoms with Crippen LogP contribution in [0.5, 0.6) is 0 Å². The van der Waals surface area contributed by atoms with Crippen molar-refractivity contribution in [3.05, 3.63) is 186 Å². The highest BCUT2D eigenvalue weighted by Crippen LogP contribution is 2.50. The van der Waals surface area contributed by atoms with Gasteiger partial charge in [-0.3, -0.25) is 4.57 Å². The smallest absolute Gasteiger partial charge is 0.208 e. The largest absolute Gasteiger partial charge is 0.324 e. The molecule has 1 atom stereocenters. The summed E-state index contributed by atoms with van der Waals surface area (Å²) in [5.74, 6) is 0.836. The van der Waals surface area contributed by atoms with Gasteiger partial charge in [0.05, 0.1) is 21.6 Å². The molecule has 3 aromatic heterocycles. The molecule has 8 aromatic carbocycles. The monoisotopic (exact) mass is 737 g/mol. The van der Waals surface area contributed by atoms with Crippen LogP contribution in [0.2, 0.25) is 0 Å². The molecule has 5 heteroatoms. The Morgan fingerprint density at radius 2 is 1.04 bits per heavy atom. The van der Waals surface area contributed by atoms with Gasteiger partial charge in [0, 0.05) is 51.8 Å². The Bertz CT molecular complexity index is 3290. The van der Waals surface area contributed by atoms with E-state index >= 15 is 0 Å². The zero-order valence-electron chi connectivity index (χ0n) is 29.5. The van der Waals surface area contributed by atoms with Crippen LogP contribution in [0.1, 0.15) is 16.5 Å². The minimum atomic E-state index is -0.233. The fourth-order valence-corrected chi connectivity index (χ4v) is 11.3. The van der Waals surface area contributed by atoms with Crippen LogP contribution in [0.15, 0.2) is 181 Å². The molecular weight excluding hydrogens is 707 g/mol. The van der Waals surface area contributed by atoms with E-state index in [4.69, 9.17) is 4.99 Å². The van der Waals surface area contributed by atoms with Crippen molar-refractivity contribution < 1.29 is 0 Å². The van der Waals surface area contributed by atoms with Gasteiger partial charge in [0.1, 0.15) is 6.04 Å². The second kappa shape index (κ2) is 12.0. The SMILES string of the molecule is c1ccc(-c2cc(-c3ccccc3)cc(C3N=C(n4c5ccccc5c5c6c7ccccc7sc6c6ccccc6c54)Nc4c3sc3ccccc43)c2)cc1. The van der Waals surface area contributed by atoms with E-state index in [1.807, 2.05) is 22.7 Å². The number of benzene rings is 8. The molecule has 12 rings (SSSR count). The summed E-state index contributed by atoms with van der Waals surface area (Å²) in [5.41, 5.74) is 9.39. The molecule has 1 N–H and O–H groups in total. The van der Waals surface area contributed by atoms with Crippen molar-refractivity contribution in [3.63, 3.8) is 0 Å². The van der Waals surface area contributed by atoms with Gasteiger partial charge in [0.25, 0.3) is 0 Å². The number of para-hydroxylation sites is 1. The predicted molar refractivity (Wildman–Crippen MR) is 237 cm³/mol. The van der Waals surface area contributed by atoms with Gasteiger partial charge >= 0.3 is 0 Å². The number of hydrogen-bond donors (Lipinski definition) is 1. The molecule has 0 saturated heterocycles. The lowest BCUT2D eigenvalue weighted by molar-refractivity contribution is 0.873. The molecule has 55 heavy (non-hydrogen) atoms. The summed E-state index contributed by atoms with van der Waals surface area (Å²) < 4.78 is 6.31. The third-order valence-corrected chi connectivity index (χ3v) is 13.6.